The summed E-state index contributed by atoms with van der Waals surface area (Å²) in [4.78, 5) is 11.2. The van der Waals surface area contributed by atoms with Gasteiger partial charge in [-0.05, 0) is 55.5 Å². The first kappa shape index (κ1) is 17.8. The van der Waals surface area contributed by atoms with E-state index in [-0.39, 0.29) is 10.8 Å². The number of hydrogen-bond acceptors (Lipinski definition) is 4. The van der Waals surface area contributed by atoms with Crippen molar-refractivity contribution in [3.05, 3.63) is 48.5 Å². The highest BCUT2D eigenvalue weighted by atomic mass is 32.2. The van der Waals surface area contributed by atoms with Crippen LogP contribution in [0.5, 0.6) is 5.75 Å². The molecule has 0 atom stereocenters. The molecule has 0 heterocycles. The number of amides is 1. The average Bonchev–Trinajstić information content (AvgIpc) is 2.55. The fourth-order valence-corrected chi connectivity index (χ4v) is 3.32. The van der Waals surface area contributed by atoms with Crippen molar-refractivity contribution in [3.8, 4) is 5.75 Å². The van der Waals surface area contributed by atoms with E-state index in [1.165, 1.54) is 30.4 Å². The maximum absolute atomic E-state index is 12.7. The second-order valence-electron chi connectivity index (χ2n) is 5.11. The molecule has 2 rings (SSSR count). The van der Waals surface area contributed by atoms with Crippen LogP contribution in [0.1, 0.15) is 13.8 Å². The topological polar surface area (TPSA) is 75.7 Å². The Bertz CT molecular complexity index is 799. The van der Waals surface area contributed by atoms with Gasteiger partial charge in [-0.15, -0.1) is 0 Å². The molecule has 1 N–H and O–H groups in total. The van der Waals surface area contributed by atoms with E-state index in [1.54, 1.807) is 36.4 Å². The lowest BCUT2D eigenvalue weighted by molar-refractivity contribution is -0.114. The number of nitrogens with one attached hydrogen (secondary N) is 1. The van der Waals surface area contributed by atoms with Gasteiger partial charge in [0.25, 0.3) is 10.0 Å². The standard InChI is InChI=1S/C17H20N2O4S/c1-4-23-16-9-11-17(12-10-16)24(21,22)19(3)15-7-5-14(6-8-15)18-13(2)20/h5-12H,4H2,1-3H3,(H,18,20). The minimum Gasteiger partial charge on any atom is -0.494 e. The Morgan fingerprint density at radius 3 is 2.17 bits per heavy atom. The van der Waals surface area contributed by atoms with E-state index >= 15 is 0 Å². The fraction of sp³-hybridized carbons (Fsp3) is 0.235. The number of rotatable bonds is 6. The van der Waals surface area contributed by atoms with E-state index in [0.717, 1.165) is 0 Å². The molecule has 0 spiro atoms. The monoisotopic (exact) mass is 348 g/mol. The maximum Gasteiger partial charge on any atom is 0.264 e. The second kappa shape index (κ2) is 7.35. The van der Waals surface area contributed by atoms with Crippen LogP contribution in [0, 0.1) is 0 Å². The molecule has 24 heavy (non-hydrogen) atoms. The third kappa shape index (κ3) is 4.05. The van der Waals surface area contributed by atoms with E-state index in [1.807, 2.05) is 6.92 Å². The highest BCUT2D eigenvalue weighted by molar-refractivity contribution is 7.92. The van der Waals surface area contributed by atoms with Gasteiger partial charge in [0.15, 0.2) is 0 Å². The summed E-state index contributed by atoms with van der Waals surface area (Å²) in [7, 11) is -2.18. The SMILES string of the molecule is CCOc1ccc(S(=O)(=O)N(C)c2ccc(NC(C)=O)cc2)cc1. The third-order valence-electron chi connectivity index (χ3n) is 3.34. The van der Waals surface area contributed by atoms with Crippen LogP contribution in [0.15, 0.2) is 53.4 Å². The number of carbonyl (C=O) groups excluding carboxylic acids is 1. The summed E-state index contributed by atoms with van der Waals surface area (Å²) < 4.78 is 31.9. The van der Waals surface area contributed by atoms with Gasteiger partial charge in [-0.3, -0.25) is 9.10 Å². The zero-order valence-electron chi connectivity index (χ0n) is 13.8. The van der Waals surface area contributed by atoms with Gasteiger partial charge >= 0.3 is 0 Å². The molecule has 0 bridgehead atoms. The summed E-state index contributed by atoms with van der Waals surface area (Å²) in [5.74, 6) is 0.442. The molecule has 0 saturated carbocycles. The lowest BCUT2D eigenvalue weighted by Crippen LogP contribution is -2.26. The average molecular weight is 348 g/mol. The van der Waals surface area contributed by atoms with Gasteiger partial charge in [-0.25, -0.2) is 8.42 Å². The van der Waals surface area contributed by atoms with Crippen molar-refractivity contribution in [2.75, 3.05) is 23.3 Å². The molecule has 0 radical (unpaired) electrons. The van der Waals surface area contributed by atoms with Gasteiger partial charge in [0.05, 0.1) is 17.2 Å². The van der Waals surface area contributed by atoms with Crippen LogP contribution in [-0.2, 0) is 14.8 Å². The Labute approximate surface area is 142 Å². The molecule has 7 heteroatoms. The van der Waals surface area contributed by atoms with E-state index < -0.39 is 10.0 Å². The van der Waals surface area contributed by atoms with Crippen LogP contribution >= 0.6 is 0 Å². The van der Waals surface area contributed by atoms with Crippen LogP contribution in [0.25, 0.3) is 0 Å². The summed E-state index contributed by atoms with van der Waals surface area (Å²) >= 11 is 0. The Morgan fingerprint density at radius 2 is 1.67 bits per heavy atom. The molecule has 0 aliphatic heterocycles. The van der Waals surface area contributed by atoms with Gasteiger partial charge in [0.2, 0.25) is 5.91 Å². The molecule has 0 aliphatic carbocycles. The minimum absolute atomic E-state index is 0.180. The summed E-state index contributed by atoms with van der Waals surface area (Å²) in [6, 6.07) is 12.9. The Balaban J connectivity index is 2.23. The van der Waals surface area contributed by atoms with E-state index in [0.29, 0.717) is 23.7 Å². The van der Waals surface area contributed by atoms with Crippen molar-refractivity contribution in [2.45, 2.75) is 18.7 Å². The van der Waals surface area contributed by atoms with Crippen molar-refractivity contribution in [3.63, 3.8) is 0 Å². The normalized spacial score (nSPS) is 11.0. The Morgan fingerprint density at radius 1 is 1.08 bits per heavy atom. The molecule has 1 amide bonds. The summed E-state index contributed by atoms with van der Waals surface area (Å²) in [6.07, 6.45) is 0. The van der Waals surface area contributed by atoms with Crippen LogP contribution in [0.3, 0.4) is 0 Å². The van der Waals surface area contributed by atoms with Crippen molar-refractivity contribution in [2.24, 2.45) is 0 Å². The van der Waals surface area contributed by atoms with Crippen LogP contribution in [-0.4, -0.2) is 28.0 Å². The molecule has 6 nitrogen and oxygen atoms in total. The molecule has 0 aliphatic rings. The molecule has 2 aromatic carbocycles. The number of sulfonamides is 1. The van der Waals surface area contributed by atoms with E-state index in [4.69, 9.17) is 4.74 Å². The van der Waals surface area contributed by atoms with Crippen molar-refractivity contribution < 1.29 is 17.9 Å². The smallest absolute Gasteiger partial charge is 0.264 e. The highest BCUT2D eigenvalue weighted by Gasteiger charge is 2.21. The molecule has 2 aromatic rings. The van der Waals surface area contributed by atoms with Crippen molar-refractivity contribution in [1.29, 1.82) is 0 Å². The number of benzene rings is 2. The molecule has 0 fully saturated rings. The Hall–Kier alpha value is -2.54. The number of anilines is 2. The predicted octanol–water partition coefficient (Wildman–Crippen LogP) is 2.87. The number of carbonyl (C=O) groups is 1. The molecule has 0 aromatic heterocycles. The van der Waals surface area contributed by atoms with Crippen LogP contribution < -0.4 is 14.4 Å². The first-order valence-corrected chi connectivity index (χ1v) is 8.88. The number of hydrogen-bond donors (Lipinski definition) is 1. The lowest BCUT2D eigenvalue weighted by Gasteiger charge is -2.20. The maximum atomic E-state index is 12.7. The van der Waals surface area contributed by atoms with E-state index in [9.17, 15) is 13.2 Å². The zero-order valence-corrected chi connectivity index (χ0v) is 14.6. The quantitative estimate of drug-likeness (QED) is 0.871. The van der Waals surface area contributed by atoms with Crippen molar-refractivity contribution >= 4 is 27.3 Å². The first-order chi connectivity index (χ1) is 11.3. The van der Waals surface area contributed by atoms with Gasteiger partial charge in [0.1, 0.15) is 5.75 Å². The van der Waals surface area contributed by atoms with Gasteiger partial charge in [-0.1, -0.05) is 0 Å². The summed E-state index contributed by atoms with van der Waals surface area (Å²) in [5.41, 5.74) is 1.11. The largest absolute Gasteiger partial charge is 0.494 e. The molecule has 128 valence electrons. The molecular formula is C17H20N2O4S. The predicted molar refractivity (Wildman–Crippen MR) is 93.9 cm³/mol. The van der Waals surface area contributed by atoms with Crippen LogP contribution in [0.2, 0.25) is 0 Å². The highest BCUT2D eigenvalue weighted by Crippen LogP contribution is 2.25. The van der Waals surface area contributed by atoms with Gasteiger partial charge in [-0.2, -0.15) is 0 Å². The fourth-order valence-electron chi connectivity index (χ4n) is 2.13. The van der Waals surface area contributed by atoms with Gasteiger partial charge < -0.3 is 10.1 Å². The summed E-state index contributed by atoms with van der Waals surface area (Å²) in [6.45, 7) is 3.80. The van der Waals surface area contributed by atoms with Crippen molar-refractivity contribution in [1.82, 2.24) is 0 Å². The first-order valence-electron chi connectivity index (χ1n) is 7.44. The number of ether oxygens (including phenoxy) is 1. The Kier molecular flexibility index (Phi) is 5.46. The van der Waals surface area contributed by atoms with E-state index in [2.05, 4.69) is 5.32 Å². The van der Waals surface area contributed by atoms with Gasteiger partial charge in [0, 0.05) is 19.7 Å². The molecular weight excluding hydrogens is 328 g/mol. The molecule has 0 unspecified atom stereocenters. The summed E-state index contributed by atoms with van der Waals surface area (Å²) in [5, 5.41) is 2.64. The van der Waals surface area contributed by atoms with Crippen LogP contribution in [0.4, 0.5) is 11.4 Å². The minimum atomic E-state index is -3.67. The third-order valence-corrected chi connectivity index (χ3v) is 5.14. The lowest BCUT2D eigenvalue weighted by atomic mass is 10.3. The molecule has 0 saturated heterocycles. The second-order valence-corrected chi connectivity index (χ2v) is 7.07. The number of nitrogens with zero attached hydrogens (tertiary/aromatic N) is 1. The zero-order chi connectivity index (χ0) is 17.7.